The van der Waals surface area contributed by atoms with Crippen molar-refractivity contribution in [3.05, 3.63) is 0 Å². The molecule has 4 nitrogen and oxygen atoms in total. The Morgan fingerprint density at radius 3 is 2.87 bits per heavy atom. The SMILES string of the molecule is CN1CCCC(N2CNC3(CC3)C2=O)C1. The highest BCUT2D eigenvalue weighted by Crippen LogP contribution is 2.41. The van der Waals surface area contributed by atoms with Gasteiger partial charge in [-0.3, -0.25) is 10.1 Å². The lowest BCUT2D eigenvalue weighted by atomic mass is 10.0. The van der Waals surface area contributed by atoms with E-state index in [2.05, 4.69) is 22.2 Å². The van der Waals surface area contributed by atoms with Gasteiger partial charge < -0.3 is 9.80 Å². The first kappa shape index (κ1) is 9.60. The number of piperidine rings is 1. The van der Waals surface area contributed by atoms with Gasteiger partial charge in [-0.2, -0.15) is 0 Å². The molecular formula is C11H19N3O. The number of nitrogens with zero attached hydrogens (tertiary/aromatic N) is 2. The summed E-state index contributed by atoms with van der Waals surface area (Å²) in [7, 11) is 2.15. The predicted molar refractivity (Wildman–Crippen MR) is 57.3 cm³/mol. The molecule has 0 bridgehead atoms. The molecule has 2 saturated heterocycles. The Kier molecular flexibility index (Phi) is 2.04. The summed E-state index contributed by atoms with van der Waals surface area (Å²) in [4.78, 5) is 16.5. The summed E-state index contributed by atoms with van der Waals surface area (Å²) >= 11 is 0. The normalized spacial score (nSPS) is 35.1. The third kappa shape index (κ3) is 1.47. The van der Waals surface area contributed by atoms with E-state index >= 15 is 0 Å². The molecule has 0 aromatic carbocycles. The van der Waals surface area contributed by atoms with Crippen molar-refractivity contribution in [2.45, 2.75) is 37.3 Å². The summed E-state index contributed by atoms with van der Waals surface area (Å²) < 4.78 is 0. The molecule has 1 aliphatic carbocycles. The van der Waals surface area contributed by atoms with E-state index in [4.69, 9.17) is 0 Å². The Labute approximate surface area is 90.6 Å². The van der Waals surface area contributed by atoms with E-state index in [1.54, 1.807) is 0 Å². The van der Waals surface area contributed by atoms with Crippen LogP contribution in [0.15, 0.2) is 0 Å². The summed E-state index contributed by atoms with van der Waals surface area (Å²) in [6, 6.07) is 0.448. The van der Waals surface area contributed by atoms with Crippen LogP contribution in [0.4, 0.5) is 0 Å². The largest absolute Gasteiger partial charge is 0.324 e. The molecule has 3 fully saturated rings. The fraction of sp³-hybridized carbons (Fsp3) is 0.909. The molecular weight excluding hydrogens is 190 g/mol. The summed E-state index contributed by atoms with van der Waals surface area (Å²) in [5, 5.41) is 3.38. The lowest BCUT2D eigenvalue weighted by Gasteiger charge is -2.35. The number of hydrogen-bond donors (Lipinski definition) is 1. The Morgan fingerprint density at radius 2 is 2.27 bits per heavy atom. The number of nitrogens with one attached hydrogen (secondary N) is 1. The zero-order valence-corrected chi connectivity index (χ0v) is 9.33. The lowest BCUT2D eigenvalue weighted by molar-refractivity contribution is -0.132. The van der Waals surface area contributed by atoms with Crippen LogP contribution in [0.25, 0.3) is 0 Å². The lowest BCUT2D eigenvalue weighted by Crippen LogP contribution is -2.48. The second-order valence-electron chi connectivity index (χ2n) is 5.25. The molecule has 4 heteroatoms. The molecule has 0 aromatic rings. The number of amides is 1. The highest BCUT2D eigenvalue weighted by atomic mass is 16.2. The maximum Gasteiger partial charge on any atom is 0.244 e. The van der Waals surface area contributed by atoms with Crippen molar-refractivity contribution in [2.75, 3.05) is 26.8 Å². The first-order valence-electron chi connectivity index (χ1n) is 5.96. The molecule has 84 valence electrons. The van der Waals surface area contributed by atoms with Crippen LogP contribution in [-0.2, 0) is 4.79 Å². The molecule has 2 heterocycles. The van der Waals surface area contributed by atoms with Gasteiger partial charge in [-0.15, -0.1) is 0 Å². The molecule has 15 heavy (non-hydrogen) atoms. The van der Waals surface area contributed by atoms with Gasteiger partial charge in [0.05, 0.1) is 12.2 Å². The zero-order chi connectivity index (χ0) is 10.5. The van der Waals surface area contributed by atoms with Crippen LogP contribution >= 0.6 is 0 Å². The van der Waals surface area contributed by atoms with E-state index in [0.717, 1.165) is 26.1 Å². The second-order valence-corrected chi connectivity index (χ2v) is 5.25. The standard InChI is InChI=1S/C11H19N3O/c1-13-6-2-3-9(7-13)14-8-12-11(4-5-11)10(14)15/h9,12H,2-8H2,1H3. The Balaban J connectivity index is 1.69. The monoisotopic (exact) mass is 209 g/mol. The van der Waals surface area contributed by atoms with Gasteiger partial charge in [0.15, 0.2) is 0 Å². The van der Waals surface area contributed by atoms with Crippen molar-refractivity contribution in [3.63, 3.8) is 0 Å². The smallest absolute Gasteiger partial charge is 0.244 e. The Hall–Kier alpha value is -0.610. The van der Waals surface area contributed by atoms with E-state index in [1.165, 1.54) is 19.4 Å². The van der Waals surface area contributed by atoms with Gasteiger partial charge in [0.1, 0.15) is 0 Å². The van der Waals surface area contributed by atoms with Gasteiger partial charge in [0, 0.05) is 12.6 Å². The minimum Gasteiger partial charge on any atom is -0.324 e. The molecule has 3 aliphatic rings. The molecule has 1 atom stereocenters. The maximum atomic E-state index is 12.1. The van der Waals surface area contributed by atoms with Gasteiger partial charge in [-0.05, 0) is 39.3 Å². The third-order valence-corrected chi connectivity index (χ3v) is 4.05. The number of carbonyl (C=O) groups excluding carboxylic acids is 1. The molecule has 1 N–H and O–H groups in total. The maximum absolute atomic E-state index is 12.1. The summed E-state index contributed by atoms with van der Waals surface area (Å²) in [5.41, 5.74) is -0.115. The number of likely N-dealkylation sites (N-methyl/N-ethyl adjacent to an activating group) is 1. The van der Waals surface area contributed by atoms with Crippen LogP contribution < -0.4 is 5.32 Å². The fourth-order valence-electron chi connectivity index (χ4n) is 2.86. The van der Waals surface area contributed by atoms with Gasteiger partial charge >= 0.3 is 0 Å². The highest BCUT2D eigenvalue weighted by Gasteiger charge is 2.56. The minimum atomic E-state index is -0.115. The number of hydrogen-bond acceptors (Lipinski definition) is 3. The quantitative estimate of drug-likeness (QED) is 0.660. The average molecular weight is 209 g/mol. The Bertz CT molecular complexity index is 288. The van der Waals surface area contributed by atoms with Crippen LogP contribution in [0.2, 0.25) is 0 Å². The van der Waals surface area contributed by atoms with Crippen molar-refractivity contribution in [1.82, 2.24) is 15.1 Å². The first-order chi connectivity index (χ1) is 7.21. The topological polar surface area (TPSA) is 35.6 Å². The molecule has 0 aromatic heterocycles. The van der Waals surface area contributed by atoms with Gasteiger partial charge in [0.2, 0.25) is 5.91 Å². The molecule has 1 saturated carbocycles. The van der Waals surface area contributed by atoms with Crippen molar-refractivity contribution in [1.29, 1.82) is 0 Å². The summed E-state index contributed by atoms with van der Waals surface area (Å²) in [5.74, 6) is 0.364. The molecule has 1 unspecified atom stereocenters. The number of likely N-dealkylation sites (tertiary alicyclic amines) is 1. The fourth-order valence-corrected chi connectivity index (χ4v) is 2.86. The zero-order valence-electron chi connectivity index (χ0n) is 9.33. The van der Waals surface area contributed by atoms with Crippen LogP contribution in [0.1, 0.15) is 25.7 Å². The summed E-state index contributed by atoms with van der Waals surface area (Å²) in [6.45, 7) is 3.00. The second kappa shape index (κ2) is 3.19. The number of carbonyl (C=O) groups is 1. The highest BCUT2D eigenvalue weighted by molar-refractivity contribution is 5.91. The molecule has 1 amide bonds. The van der Waals surface area contributed by atoms with Crippen molar-refractivity contribution < 1.29 is 4.79 Å². The van der Waals surface area contributed by atoms with Crippen LogP contribution in [0.5, 0.6) is 0 Å². The van der Waals surface area contributed by atoms with Gasteiger partial charge in [-0.1, -0.05) is 0 Å². The van der Waals surface area contributed by atoms with Crippen molar-refractivity contribution in [2.24, 2.45) is 0 Å². The molecule has 2 aliphatic heterocycles. The third-order valence-electron chi connectivity index (χ3n) is 4.05. The number of rotatable bonds is 1. The molecule has 3 rings (SSSR count). The Morgan fingerprint density at radius 1 is 1.47 bits per heavy atom. The first-order valence-corrected chi connectivity index (χ1v) is 5.96. The molecule has 0 radical (unpaired) electrons. The average Bonchev–Trinajstić information content (AvgIpc) is 2.92. The summed E-state index contributed by atoms with van der Waals surface area (Å²) in [6.07, 6.45) is 4.49. The predicted octanol–water partition coefficient (Wildman–Crippen LogP) is 0.00250. The van der Waals surface area contributed by atoms with Crippen LogP contribution in [0.3, 0.4) is 0 Å². The van der Waals surface area contributed by atoms with Crippen molar-refractivity contribution >= 4 is 5.91 Å². The molecule has 1 spiro atoms. The van der Waals surface area contributed by atoms with E-state index in [1.807, 2.05) is 0 Å². The van der Waals surface area contributed by atoms with Gasteiger partial charge in [-0.25, -0.2) is 0 Å². The minimum absolute atomic E-state index is 0.115. The van der Waals surface area contributed by atoms with Crippen LogP contribution in [-0.4, -0.2) is 54.1 Å². The van der Waals surface area contributed by atoms with Crippen molar-refractivity contribution in [3.8, 4) is 0 Å². The van der Waals surface area contributed by atoms with Crippen LogP contribution in [0, 0.1) is 0 Å². The van der Waals surface area contributed by atoms with E-state index in [-0.39, 0.29) is 5.54 Å². The van der Waals surface area contributed by atoms with Gasteiger partial charge in [0.25, 0.3) is 0 Å². The van der Waals surface area contributed by atoms with E-state index in [0.29, 0.717) is 11.9 Å². The van der Waals surface area contributed by atoms with E-state index in [9.17, 15) is 4.79 Å². The van der Waals surface area contributed by atoms with E-state index < -0.39 is 0 Å².